The molecule has 98 valence electrons. The summed E-state index contributed by atoms with van der Waals surface area (Å²) >= 11 is 0. The smallest absolute Gasteiger partial charge is 0.293 e. The molecule has 0 saturated carbocycles. The molecule has 0 fully saturated rings. The van der Waals surface area contributed by atoms with Crippen LogP contribution in [0.2, 0.25) is 0 Å². The standard InChI is InChI=1S/C5H2F10O/c6-2(7)5(14,15)16-1(3(8,9)10)4(11,12)13/h1-2H. The van der Waals surface area contributed by atoms with Crippen LogP contribution < -0.4 is 0 Å². The van der Waals surface area contributed by atoms with Crippen molar-refractivity contribution < 1.29 is 48.6 Å². The highest BCUT2D eigenvalue weighted by Gasteiger charge is 2.63. The van der Waals surface area contributed by atoms with Crippen molar-refractivity contribution in [2.75, 3.05) is 0 Å². The predicted molar refractivity (Wildman–Crippen MR) is 27.9 cm³/mol. The minimum absolute atomic E-state index is 2.09. The number of alkyl halides is 10. The number of hydrogen-bond acceptors (Lipinski definition) is 1. The summed E-state index contributed by atoms with van der Waals surface area (Å²) in [4.78, 5) is 0. The van der Waals surface area contributed by atoms with Crippen LogP contribution in [0.1, 0.15) is 0 Å². The Kier molecular flexibility index (Phi) is 4.06. The molecule has 0 aromatic carbocycles. The molecule has 0 spiro atoms. The van der Waals surface area contributed by atoms with E-state index in [1.807, 2.05) is 0 Å². The minimum Gasteiger partial charge on any atom is -0.293 e. The van der Waals surface area contributed by atoms with Crippen molar-refractivity contribution in [1.82, 2.24) is 0 Å². The molecule has 0 bridgehead atoms. The van der Waals surface area contributed by atoms with E-state index < -0.39 is 31.0 Å². The van der Waals surface area contributed by atoms with Gasteiger partial charge in [-0.3, -0.25) is 4.74 Å². The molecular weight excluding hydrogens is 266 g/mol. The van der Waals surface area contributed by atoms with Gasteiger partial charge in [0.15, 0.2) is 0 Å². The summed E-state index contributed by atoms with van der Waals surface area (Å²) in [6.07, 6.45) is -28.1. The zero-order valence-electron chi connectivity index (χ0n) is 6.84. The van der Waals surface area contributed by atoms with Crippen LogP contribution in [0.5, 0.6) is 0 Å². The molecule has 0 unspecified atom stereocenters. The Morgan fingerprint density at radius 2 is 1.00 bits per heavy atom. The van der Waals surface area contributed by atoms with E-state index in [4.69, 9.17) is 0 Å². The summed E-state index contributed by atoms with van der Waals surface area (Å²) in [5, 5.41) is 0. The molecule has 0 aliphatic carbocycles. The van der Waals surface area contributed by atoms with Gasteiger partial charge in [0, 0.05) is 0 Å². The fourth-order valence-electron chi connectivity index (χ4n) is 0.528. The van der Waals surface area contributed by atoms with Gasteiger partial charge in [0.05, 0.1) is 0 Å². The Balaban J connectivity index is 4.98. The average molecular weight is 268 g/mol. The van der Waals surface area contributed by atoms with Gasteiger partial charge in [-0.1, -0.05) is 0 Å². The lowest BCUT2D eigenvalue weighted by Gasteiger charge is -2.26. The van der Waals surface area contributed by atoms with Gasteiger partial charge in [0.25, 0.3) is 6.10 Å². The molecule has 0 N–H and O–H groups in total. The Labute approximate surface area is 81.0 Å². The van der Waals surface area contributed by atoms with Gasteiger partial charge in [-0.15, -0.1) is 0 Å². The zero-order valence-corrected chi connectivity index (χ0v) is 6.84. The largest absolute Gasteiger partial charge is 0.423 e. The normalized spacial score (nSPS) is 15.0. The SMILES string of the molecule is FC(F)C(F)(F)OC(C(F)(F)F)C(F)(F)F. The second-order valence-electron chi connectivity index (χ2n) is 2.44. The first-order valence-corrected chi connectivity index (χ1v) is 3.25. The van der Waals surface area contributed by atoms with Crippen LogP contribution in [0.25, 0.3) is 0 Å². The molecule has 0 heterocycles. The van der Waals surface area contributed by atoms with Crippen LogP contribution in [-0.2, 0) is 4.74 Å². The quantitative estimate of drug-likeness (QED) is 0.713. The van der Waals surface area contributed by atoms with E-state index in [0.717, 1.165) is 0 Å². The Bertz CT molecular complexity index is 212. The molecule has 1 nitrogen and oxygen atoms in total. The van der Waals surface area contributed by atoms with Crippen molar-refractivity contribution in [1.29, 1.82) is 0 Å². The first-order valence-electron chi connectivity index (χ1n) is 3.25. The second-order valence-corrected chi connectivity index (χ2v) is 2.44. The van der Waals surface area contributed by atoms with Crippen LogP contribution in [0.4, 0.5) is 43.9 Å². The van der Waals surface area contributed by atoms with Gasteiger partial charge in [-0.2, -0.15) is 35.1 Å². The molecule has 0 aromatic rings. The summed E-state index contributed by atoms with van der Waals surface area (Å²) in [7, 11) is 0. The third-order valence-corrected chi connectivity index (χ3v) is 1.12. The van der Waals surface area contributed by atoms with Gasteiger partial charge in [-0.05, 0) is 0 Å². The summed E-state index contributed by atoms with van der Waals surface area (Å²) < 4.78 is 118. The lowest BCUT2D eigenvalue weighted by Crippen LogP contribution is -2.50. The highest BCUT2D eigenvalue weighted by molar-refractivity contribution is 4.78. The maximum Gasteiger partial charge on any atom is 0.423 e. The van der Waals surface area contributed by atoms with Crippen LogP contribution in [-0.4, -0.2) is 31.0 Å². The van der Waals surface area contributed by atoms with Crippen LogP contribution in [0.3, 0.4) is 0 Å². The van der Waals surface area contributed by atoms with Gasteiger partial charge in [0.1, 0.15) is 0 Å². The van der Waals surface area contributed by atoms with Gasteiger partial charge in [0.2, 0.25) is 0 Å². The maximum atomic E-state index is 11.9. The van der Waals surface area contributed by atoms with Gasteiger partial charge < -0.3 is 0 Å². The van der Waals surface area contributed by atoms with E-state index in [0.29, 0.717) is 0 Å². The number of halogens is 10. The predicted octanol–water partition coefficient (Wildman–Crippen LogP) is 3.35. The number of hydrogen-bond donors (Lipinski definition) is 0. The van der Waals surface area contributed by atoms with E-state index in [9.17, 15) is 43.9 Å². The van der Waals surface area contributed by atoms with E-state index in [2.05, 4.69) is 4.74 Å². The van der Waals surface area contributed by atoms with E-state index >= 15 is 0 Å². The lowest BCUT2D eigenvalue weighted by atomic mass is 10.3. The van der Waals surface area contributed by atoms with E-state index in [1.165, 1.54) is 0 Å². The van der Waals surface area contributed by atoms with Crippen molar-refractivity contribution in [3.05, 3.63) is 0 Å². The fourth-order valence-corrected chi connectivity index (χ4v) is 0.528. The van der Waals surface area contributed by atoms with Crippen molar-refractivity contribution in [2.45, 2.75) is 31.0 Å². The van der Waals surface area contributed by atoms with Crippen molar-refractivity contribution in [2.24, 2.45) is 0 Å². The third kappa shape index (κ3) is 4.02. The summed E-state index contributed by atoms with van der Waals surface area (Å²) in [5.41, 5.74) is 0. The van der Waals surface area contributed by atoms with Crippen LogP contribution in [0.15, 0.2) is 0 Å². The minimum atomic E-state index is -6.27. The molecule has 0 rings (SSSR count). The van der Waals surface area contributed by atoms with E-state index in [1.54, 1.807) is 0 Å². The molecule has 0 aromatic heterocycles. The molecule has 0 amide bonds. The molecule has 11 heteroatoms. The highest BCUT2D eigenvalue weighted by atomic mass is 19.4. The van der Waals surface area contributed by atoms with Crippen molar-refractivity contribution in [3.8, 4) is 0 Å². The molecule has 0 atom stereocenters. The van der Waals surface area contributed by atoms with Crippen LogP contribution >= 0.6 is 0 Å². The number of ether oxygens (including phenoxy) is 1. The molecular formula is C5H2F10O. The summed E-state index contributed by atoms with van der Waals surface area (Å²) in [6.45, 7) is 0. The molecule has 0 saturated heterocycles. The Hall–Kier alpha value is -0.740. The third-order valence-electron chi connectivity index (χ3n) is 1.12. The fraction of sp³-hybridized carbons (Fsp3) is 1.00. The number of rotatable bonds is 3. The zero-order chi connectivity index (χ0) is 13.4. The van der Waals surface area contributed by atoms with Gasteiger partial charge in [-0.25, -0.2) is 8.78 Å². The Morgan fingerprint density at radius 3 is 1.19 bits per heavy atom. The molecule has 16 heavy (non-hydrogen) atoms. The summed E-state index contributed by atoms with van der Waals surface area (Å²) in [6, 6.07) is 0. The topological polar surface area (TPSA) is 9.23 Å². The maximum absolute atomic E-state index is 11.9. The molecule has 0 aliphatic rings. The van der Waals surface area contributed by atoms with Crippen LogP contribution in [0, 0.1) is 0 Å². The summed E-state index contributed by atoms with van der Waals surface area (Å²) in [5.74, 6) is 0. The second kappa shape index (κ2) is 4.26. The molecule has 0 radical (unpaired) electrons. The Morgan fingerprint density at radius 1 is 0.688 bits per heavy atom. The monoisotopic (exact) mass is 268 g/mol. The van der Waals surface area contributed by atoms with Crippen molar-refractivity contribution >= 4 is 0 Å². The molecule has 0 aliphatic heterocycles. The highest BCUT2D eigenvalue weighted by Crippen LogP contribution is 2.40. The first kappa shape index (κ1) is 15.3. The van der Waals surface area contributed by atoms with Crippen molar-refractivity contribution in [3.63, 3.8) is 0 Å². The van der Waals surface area contributed by atoms with E-state index in [-0.39, 0.29) is 0 Å². The lowest BCUT2D eigenvalue weighted by molar-refractivity contribution is -0.407. The average Bonchev–Trinajstić information content (AvgIpc) is 1.95. The first-order chi connectivity index (χ1) is 6.78. The van der Waals surface area contributed by atoms with Gasteiger partial charge >= 0.3 is 24.9 Å².